The molecule has 2 atom stereocenters. The van der Waals surface area contributed by atoms with Crippen molar-refractivity contribution >= 4 is 40.1 Å². The Labute approximate surface area is 120 Å². The SMILES string of the molecule is O=C1[C@@H]2CCCC[C@H]2C(=O)N1c1ccc(I)cc1. The topological polar surface area (TPSA) is 37.4 Å². The third-order valence-electron chi connectivity index (χ3n) is 3.93. The van der Waals surface area contributed by atoms with Crippen LogP contribution in [0.1, 0.15) is 25.7 Å². The van der Waals surface area contributed by atoms with Gasteiger partial charge in [0.05, 0.1) is 17.5 Å². The zero-order valence-electron chi connectivity index (χ0n) is 9.93. The highest BCUT2D eigenvalue weighted by molar-refractivity contribution is 14.1. The van der Waals surface area contributed by atoms with Gasteiger partial charge in [-0.25, -0.2) is 0 Å². The number of benzene rings is 1. The number of hydrogen-bond donors (Lipinski definition) is 0. The number of rotatable bonds is 1. The summed E-state index contributed by atoms with van der Waals surface area (Å²) in [6, 6.07) is 7.57. The molecule has 0 spiro atoms. The molecule has 94 valence electrons. The van der Waals surface area contributed by atoms with Crippen LogP contribution in [0.25, 0.3) is 0 Å². The van der Waals surface area contributed by atoms with Gasteiger partial charge in [-0.2, -0.15) is 0 Å². The third-order valence-corrected chi connectivity index (χ3v) is 4.65. The number of amides is 2. The van der Waals surface area contributed by atoms with Gasteiger partial charge in [0.25, 0.3) is 0 Å². The van der Waals surface area contributed by atoms with Gasteiger partial charge in [-0.3, -0.25) is 14.5 Å². The molecule has 0 N–H and O–H groups in total. The number of hydrogen-bond acceptors (Lipinski definition) is 2. The van der Waals surface area contributed by atoms with Crippen molar-refractivity contribution in [2.45, 2.75) is 25.7 Å². The summed E-state index contributed by atoms with van der Waals surface area (Å²) in [6.45, 7) is 0. The molecule has 0 unspecified atom stereocenters. The van der Waals surface area contributed by atoms with Gasteiger partial charge in [-0.05, 0) is 59.7 Å². The predicted octanol–water partition coefficient (Wildman–Crippen LogP) is 2.97. The van der Waals surface area contributed by atoms with Crippen molar-refractivity contribution < 1.29 is 9.59 Å². The van der Waals surface area contributed by atoms with Gasteiger partial charge in [0.15, 0.2) is 0 Å². The van der Waals surface area contributed by atoms with E-state index in [1.165, 1.54) is 4.90 Å². The minimum Gasteiger partial charge on any atom is -0.274 e. The molecule has 2 aliphatic rings. The second-order valence-electron chi connectivity index (χ2n) is 4.99. The largest absolute Gasteiger partial charge is 0.274 e. The first-order valence-electron chi connectivity index (χ1n) is 6.32. The van der Waals surface area contributed by atoms with Crippen LogP contribution in [0, 0.1) is 15.4 Å². The number of halogens is 1. The number of carbonyl (C=O) groups excluding carboxylic acids is 2. The van der Waals surface area contributed by atoms with E-state index in [0.29, 0.717) is 0 Å². The Morgan fingerprint density at radius 2 is 1.44 bits per heavy atom. The lowest BCUT2D eigenvalue weighted by Gasteiger charge is -2.19. The Morgan fingerprint density at radius 1 is 0.944 bits per heavy atom. The molecule has 18 heavy (non-hydrogen) atoms. The van der Waals surface area contributed by atoms with Crippen LogP contribution < -0.4 is 4.90 Å². The third kappa shape index (κ3) is 1.86. The highest BCUT2D eigenvalue weighted by Gasteiger charge is 2.48. The van der Waals surface area contributed by atoms with Crippen LogP contribution >= 0.6 is 22.6 Å². The molecule has 1 heterocycles. The fourth-order valence-corrected chi connectivity index (χ4v) is 3.37. The molecule has 0 radical (unpaired) electrons. The van der Waals surface area contributed by atoms with Crippen LogP contribution in [0.2, 0.25) is 0 Å². The van der Waals surface area contributed by atoms with E-state index in [1.54, 1.807) is 0 Å². The number of nitrogens with zero attached hydrogens (tertiary/aromatic N) is 1. The van der Waals surface area contributed by atoms with Crippen molar-refractivity contribution in [3.63, 3.8) is 0 Å². The Hall–Kier alpha value is -0.910. The standard InChI is InChI=1S/C14H14INO2/c15-9-5-7-10(8-6-9)16-13(17)11-3-1-2-4-12(11)14(16)18/h5-8,11-12H,1-4H2/t11-,12-/m1/s1. The van der Waals surface area contributed by atoms with Gasteiger partial charge in [0.2, 0.25) is 11.8 Å². The summed E-state index contributed by atoms with van der Waals surface area (Å²) < 4.78 is 1.10. The molecule has 2 amide bonds. The van der Waals surface area contributed by atoms with Crippen molar-refractivity contribution in [1.82, 2.24) is 0 Å². The highest BCUT2D eigenvalue weighted by Crippen LogP contribution is 2.39. The molecule has 1 aliphatic carbocycles. The summed E-state index contributed by atoms with van der Waals surface area (Å²) in [6.07, 6.45) is 3.88. The maximum atomic E-state index is 12.3. The van der Waals surface area contributed by atoms with Gasteiger partial charge in [-0.15, -0.1) is 0 Å². The average Bonchev–Trinajstić information content (AvgIpc) is 2.64. The van der Waals surface area contributed by atoms with E-state index in [9.17, 15) is 9.59 Å². The van der Waals surface area contributed by atoms with E-state index in [-0.39, 0.29) is 23.7 Å². The van der Waals surface area contributed by atoms with E-state index < -0.39 is 0 Å². The van der Waals surface area contributed by atoms with Crippen LogP contribution in [0.3, 0.4) is 0 Å². The van der Waals surface area contributed by atoms with E-state index in [2.05, 4.69) is 22.6 Å². The van der Waals surface area contributed by atoms with Gasteiger partial charge in [0.1, 0.15) is 0 Å². The predicted molar refractivity (Wildman–Crippen MR) is 77.1 cm³/mol. The van der Waals surface area contributed by atoms with Gasteiger partial charge < -0.3 is 0 Å². The number of anilines is 1. The maximum absolute atomic E-state index is 12.3. The number of carbonyl (C=O) groups is 2. The lowest BCUT2D eigenvalue weighted by atomic mass is 9.81. The van der Waals surface area contributed by atoms with Crippen LogP contribution in [0.4, 0.5) is 5.69 Å². The van der Waals surface area contributed by atoms with Gasteiger partial charge >= 0.3 is 0 Å². The monoisotopic (exact) mass is 355 g/mol. The van der Waals surface area contributed by atoms with Crippen LogP contribution in [0.5, 0.6) is 0 Å². The number of imide groups is 1. The molecule has 1 saturated carbocycles. The zero-order chi connectivity index (χ0) is 12.7. The molecule has 3 nitrogen and oxygen atoms in total. The molecule has 1 aromatic rings. The van der Waals surface area contributed by atoms with Crippen molar-refractivity contribution in [3.05, 3.63) is 27.8 Å². The summed E-state index contributed by atoms with van der Waals surface area (Å²) in [4.78, 5) is 26.1. The Morgan fingerprint density at radius 3 is 1.94 bits per heavy atom. The Bertz CT molecular complexity index is 473. The molecule has 1 saturated heterocycles. The molecule has 0 aromatic heterocycles. The smallest absolute Gasteiger partial charge is 0.237 e. The summed E-state index contributed by atoms with van der Waals surface area (Å²) in [5, 5.41) is 0. The summed E-state index contributed by atoms with van der Waals surface area (Å²) in [5.41, 5.74) is 0.722. The molecular weight excluding hydrogens is 341 g/mol. The molecule has 3 rings (SSSR count). The Balaban J connectivity index is 1.95. The minimum absolute atomic E-state index is 0.00547. The van der Waals surface area contributed by atoms with Crippen molar-refractivity contribution in [2.24, 2.45) is 11.8 Å². The summed E-state index contributed by atoms with van der Waals surface area (Å²) >= 11 is 2.21. The van der Waals surface area contributed by atoms with Crippen LogP contribution in [-0.2, 0) is 9.59 Å². The molecule has 4 heteroatoms. The zero-order valence-corrected chi connectivity index (χ0v) is 12.1. The first-order chi connectivity index (χ1) is 8.68. The second-order valence-corrected chi connectivity index (χ2v) is 6.23. The first kappa shape index (κ1) is 12.1. The highest BCUT2D eigenvalue weighted by atomic mass is 127. The second kappa shape index (κ2) is 4.64. The lowest BCUT2D eigenvalue weighted by molar-refractivity contribution is -0.122. The average molecular weight is 355 g/mol. The van der Waals surface area contributed by atoms with Crippen molar-refractivity contribution in [1.29, 1.82) is 0 Å². The Kier molecular flexibility index (Phi) is 3.13. The maximum Gasteiger partial charge on any atom is 0.237 e. The fourth-order valence-electron chi connectivity index (χ4n) is 3.01. The van der Waals surface area contributed by atoms with Gasteiger partial charge in [0, 0.05) is 3.57 Å². The fraction of sp³-hybridized carbons (Fsp3) is 0.429. The van der Waals surface area contributed by atoms with Crippen molar-refractivity contribution in [3.8, 4) is 0 Å². The molecule has 1 aliphatic heterocycles. The summed E-state index contributed by atoms with van der Waals surface area (Å²) in [7, 11) is 0. The molecular formula is C14H14INO2. The molecule has 0 bridgehead atoms. The van der Waals surface area contributed by atoms with Gasteiger partial charge in [-0.1, -0.05) is 12.8 Å². The van der Waals surface area contributed by atoms with E-state index >= 15 is 0 Å². The number of fused-ring (bicyclic) bond motifs is 1. The van der Waals surface area contributed by atoms with E-state index in [0.717, 1.165) is 34.9 Å². The van der Waals surface area contributed by atoms with E-state index in [1.807, 2.05) is 24.3 Å². The van der Waals surface area contributed by atoms with Crippen LogP contribution in [-0.4, -0.2) is 11.8 Å². The molecule has 2 fully saturated rings. The lowest BCUT2D eigenvalue weighted by Crippen LogP contribution is -2.30. The van der Waals surface area contributed by atoms with Crippen LogP contribution in [0.15, 0.2) is 24.3 Å². The molecule has 1 aromatic carbocycles. The quantitative estimate of drug-likeness (QED) is 0.574. The van der Waals surface area contributed by atoms with Crippen molar-refractivity contribution in [2.75, 3.05) is 4.90 Å². The van der Waals surface area contributed by atoms with E-state index in [4.69, 9.17) is 0 Å². The summed E-state index contributed by atoms with van der Waals surface area (Å²) in [5.74, 6) is -0.118. The minimum atomic E-state index is -0.0643. The first-order valence-corrected chi connectivity index (χ1v) is 7.40. The normalized spacial score (nSPS) is 27.5.